The van der Waals surface area contributed by atoms with E-state index in [1.165, 1.54) is 4.90 Å². The first-order valence-electron chi connectivity index (χ1n) is 7.48. The van der Waals surface area contributed by atoms with E-state index in [1.54, 1.807) is 22.9 Å². The van der Waals surface area contributed by atoms with Crippen molar-refractivity contribution in [1.82, 2.24) is 15.1 Å². The zero-order valence-electron chi connectivity index (χ0n) is 13.3. The lowest BCUT2D eigenvalue weighted by Gasteiger charge is -2.28. The highest BCUT2D eigenvalue weighted by Crippen LogP contribution is 2.21. The van der Waals surface area contributed by atoms with E-state index in [9.17, 15) is 14.0 Å². The molecular formula is C15H21FN4O2S. The molecule has 2 heterocycles. The van der Waals surface area contributed by atoms with Crippen molar-refractivity contribution >= 4 is 23.6 Å². The maximum absolute atomic E-state index is 13.4. The van der Waals surface area contributed by atoms with Crippen LogP contribution in [-0.2, 0) is 9.59 Å². The summed E-state index contributed by atoms with van der Waals surface area (Å²) in [4.78, 5) is 27.2. The van der Waals surface area contributed by atoms with Gasteiger partial charge in [0, 0.05) is 24.6 Å². The average Bonchev–Trinajstić information content (AvgIpc) is 3.13. The summed E-state index contributed by atoms with van der Waals surface area (Å²) >= 11 is 1.55. The number of carbonyl (C=O) groups is 2. The van der Waals surface area contributed by atoms with Gasteiger partial charge in [-0.2, -0.15) is 5.26 Å². The maximum Gasteiger partial charge on any atom is 0.237 e. The summed E-state index contributed by atoms with van der Waals surface area (Å²) in [5, 5.41) is 13.9. The number of amides is 2. The van der Waals surface area contributed by atoms with Gasteiger partial charge in [-0.1, -0.05) is 0 Å². The Morgan fingerprint density at radius 1 is 1.48 bits per heavy atom. The van der Waals surface area contributed by atoms with E-state index in [4.69, 9.17) is 5.26 Å². The molecule has 0 aromatic carbocycles. The summed E-state index contributed by atoms with van der Waals surface area (Å²) in [6.45, 7) is 3.63. The lowest BCUT2D eigenvalue weighted by Crippen LogP contribution is -2.49. The Morgan fingerprint density at radius 3 is 2.83 bits per heavy atom. The lowest BCUT2D eigenvalue weighted by atomic mass is 10.00. The molecule has 0 radical (unpaired) electrons. The quantitative estimate of drug-likeness (QED) is 0.814. The predicted molar refractivity (Wildman–Crippen MR) is 85.8 cm³/mol. The van der Waals surface area contributed by atoms with Crippen LogP contribution in [0.1, 0.15) is 26.7 Å². The molecule has 0 unspecified atom stereocenters. The molecule has 2 aliphatic rings. The largest absolute Gasteiger partial charge is 0.323 e. The fraction of sp³-hybridized carbons (Fsp3) is 0.667. The summed E-state index contributed by atoms with van der Waals surface area (Å²) < 4.78 is 13.4. The molecule has 0 spiro atoms. The highest BCUT2D eigenvalue weighted by molar-refractivity contribution is 8.02. The number of alkyl halides is 1. The highest BCUT2D eigenvalue weighted by Gasteiger charge is 2.36. The molecule has 23 heavy (non-hydrogen) atoms. The van der Waals surface area contributed by atoms with Crippen molar-refractivity contribution in [1.29, 1.82) is 5.26 Å². The lowest BCUT2D eigenvalue weighted by molar-refractivity contribution is -0.132. The molecule has 1 N–H and O–H groups in total. The van der Waals surface area contributed by atoms with Gasteiger partial charge >= 0.3 is 0 Å². The maximum atomic E-state index is 13.4. The molecule has 1 saturated heterocycles. The number of nitrogens with one attached hydrogen (secondary N) is 1. The Kier molecular flexibility index (Phi) is 5.65. The molecule has 0 bridgehead atoms. The molecule has 6 nitrogen and oxygen atoms in total. The van der Waals surface area contributed by atoms with Crippen LogP contribution in [0.15, 0.2) is 11.6 Å². The van der Waals surface area contributed by atoms with Crippen LogP contribution < -0.4 is 5.32 Å². The van der Waals surface area contributed by atoms with Crippen molar-refractivity contribution in [2.45, 2.75) is 44.4 Å². The van der Waals surface area contributed by atoms with Crippen molar-refractivity contribution in [2.24, 2.45) is 0 Å². The Hall–Kier alpha value is -1.59. The minimum absolute atomic E-state index is 0.0175. The second-order valence-corrected chi connectivity index (χ2v) is 7.25. The molecule has 2 rings (SSSR count). The molecule has 0 aromatic heterocycles. The van der Waals surface area contributed by atoms with E-state index in [0.717, 1.165) is 0 Å². The standard InChI is InChI=1S/C15H21FN4O2S/c1-15(2,6-13(21)19-3-4-23-10-19)18-8-14(22)20-9-11(16)5-12(20)7-17/h3-4,11-12,18H,5-6,8-10H2,1-2H3/t11-,12-/m0/s1. The molecule has 8 heteroatoms. The van der Waals surface area contributed by atoms with Gasteiger partial charge in [-0.05, 0) is 19.3 Å². The first-order valence-corrected chi connectivity index (χ1v) is 8.53. The molecule has 1 fully saturated rings. The minimum Gasteiger partial charge on any atom is -0.323 e. The number of rotatable bonds is 5. The zero-order valence-corrected chi connectivity index (χ0v) is 14.1. The second kappa shape index (κ2) is 7.32. The van der Waals surface area contributed by atoms with Gasteiger partial charge in [0.15, 0.2) is 0 Å². The fourth-order valence-corrected chi connectivity index (χ4v) is 3.29. The summed E-state index contributed by atoms with van der Waals surface area (Å²) in [7, 11) is 0. The van der Waals surface area contributed by atoms with Crippen LogP contribution in [0.3, 0.4) is 0 Å². The van der Waals surface area contributed by atoms with Crippen LogP contribution >= 0.6 is 11.8 Å². The number of thioether (sulfide) groups is 1. The SMILES string of the molecule is CC(C)(CC(=O)N1C=CSC1)NCC(=O)N1C[C@@H](F)C[C@H]1C#N. The van der Waals surface area contributed by atoms with E-state index in [2.05, 4.69) is 5.32 Å². The summed E-state index contributed by atoms with van der Waals surface area (Å²) in [5.74, 6) is 0.286. The smallest absolute Gasteiger partial charge is 0.237 e. The number of nitriles is 1. The molecule has 0 aromatic rings. The minimum atomic E-state index is -1.14. The highest BCUT2D eigenvalue weighted by atomic mass is 32.2. The molecule has 2 amide bonds. The first-order chi connectivity index (χ1) is 10.8. The van der Waals surface area contributed by atoms with E-state index in [1.807, 2.05) is 25.3 Å². The van der Waals surface area contributed by atoms with Gasteiger partial charge in [0.1, 0.15) is 12.2 Å². The van der Waals surface area contributed by atoms with Gasteiger partial charge < -0.3 is 15.1 Å². The third-order valence-electron chi connectivity index (χ3n) is 3.90. The van der Waals surface area contributed by atoms with Gasteiger partial charge in [0.05, 0.1) is 25.0 Å². The molecule has 0 aliphatic carbocycles. The van der Waals surface area contributed by atoms with Gasteiger partial charge in [0.25, 0.3) is 0 Å². The molecule has 126 valence electrons. The van der Waals surface area contributed by atoms with Gasteiger partial charge in [-0.25, -0.2) is 4.39 Å². The van der Waals surface area contributed by atoms with Gasteiger partial charge in [0.2, 0.25) is 11.8 Å². The third-order valence-corrected chi connectivity index (χ3v) is 4.64. The Bertz CT molecular complexity index is 546. The Labute approximate surface area is 139 Å². The van der Waals surface area contributed by atoms with Crippen LogP contribution in [0.4, 0.5) is 4.39 Å². The predicted octanol–water partition coefficient (Wildman–Crippen LogP) is 1.21. The van der Waals surface area contributed by atoms with Crippen molar-refractivity contribution in [2.75, 3.05) is 19.0 Å². The van der Waals surface area contributed by atoms with Crippen LogP contribution in [0, 0.1) is 11.3 Å². The number of likely N-dealkylation sites (tertiary alicyclic amines) is 1. The van der Waals surface area contributed by atoms with Crippen LogP contribution in [0.2, 0.25) is 0 Å². The van der Waals surface area contributed by atoms with E-state index < -0.39 is 17.8 Å². The van der Waals surface area contributed by atoms with E-state index in [-0.39, 0.29) is 37.7 Å². The molecular weight excluding hydrogens is 319 g/mol. The molecule has 0 saturated carbocycles. The number of halogens is 1. The monoisotopic (exact) mass is 340 g/mol. The summed E-state index contributed by atoms with van der Waals surface area (Å²) in [6.07, 6.45) is 0.927. The van der Waals surface area contributed by atoms with Crippen LogP contribution in [0.25, 0.3) is 0 Å². The zero-order chi connectivity index (χ0) is 17.0. The average molecular weight is 340 g/mol. The van der Waals surface area contributed by atoms with Crippen molar-refractivity contribution in [3.8, 4) is 6.07 Å². The molecule has 2 aliphatic heterocycles. The molecule has 2 atom stereocenters. The van der Waals surface area contributed by atoms with Crippen molar-refractivity contribution < 1.29 is 14.0 Å². The fourth-order valence-electron chi connectivity index (χ4n) is 2.58. The van der Waals surface area contributed by atoms with Crippen molar-refractivity contribution in [3.63, 3.8) is 0 Å². The van der Waals surface area contributed by atoms with E-state index >= 15 is 0 Å². The summed E-state index contributed by atoms with van der Waals surface area (Å²) in [6, 6.07) is 1.26. The number of hydrogen-bond donors (Lipinski definition) is 1. The van der Waals surface area contributed by atoms with Crippen LogP contribution in [-0.4, -0.2) is 58.3 Å². The van der Waals surface area contributed by atoms with Gasteiger partial charge in [-0.15, -0.1) is 11.8 Å². The summed E-state index contributed by atoms with van der Waals surface area (Å²) in [5.41, 5.74) is -0.565. The van der Waals surface area contributed by atoms with E-state index in [0.29, 0.717) is 5.88 Å². The Morgan fingerprint density at radius 2 is 2.22 bits per heavy atom. The normalized spacial score (nSPS) is 24.1. The van der Waals surface area contributed by atoms with Crippen molar-refractivity contribution in [3.05, 3.63) is 11.6 Å². The Balaban J connectivity index is 1.83. The second-order valence-electron chi connectivity index (χ2n) is 6.38. The number of nitrogens with zero attached hydrogens (tertiary/aromatic N) is 3. The first kappa shape index (κ1) is 17.8. The number of carbonyl (C=O) groups excluding carboxylic acids is 2. The third kappa shape index (κ3) is 4.69. The topological polar surface area (TPSA) is 76.4 Å². The van der Waals surface area contributed by atoms with Gasteiger partial charge in [-0.3, -0.25) is 9.59 Å². The van der Waals surface area contributed by atoms with Crippen LogP contribution in [0.5, 0.6) is 0 Å². The number of hydrogen-bond acceptors (Lipinski definition) is 5.